The quantitative estimate of drug-likeness (QED) is 0.183. The highest BCUT2D eigenvalue weighted by atomic mass is 19.2. The molecule has 1 aliphatic heterocycles. The smallest absolute Gasteiger partial charge is 0.200 e. The largest absolute Gasteiger partial charge is 0.494 e. The highest BCUT2D eigenvalue weighted by Crippen LogP contribution is 2.43. The maximum absolute atomic E-state index is 15.0. The first kappa shape index (κ1) is 31.5. The van der Waals surface area contributed by atoms with Crippen molar-refractivity contribution in [1.82, 2.24) is 0 Å². The van der Waals surface area contributed by atoms with Crippen molar-refractivity contribution in [2.75, 3.05) is 20.3 Å². The van der Waals surface area contributed by atoms with Crippen molar-refractivity contribution in [2.24, 2.45) is 11.8 Å². The van der Waals surface area contributed by atoms with E-state index >= 15 is 4.39 Å². The van der Waals surface area contributed by atoms with E-state index in [0.717, 1.165) is 70.8 Å². The van der Waals surface area contributed by atoms with E-state index in [4.69, 9.17) is 9.47 Å². The Balaban J connectivity index is 1.28. The molecule has 4 rings (SSSR count). The summed E-state index contributed by atoms with van der Waals surface area (Å²) in [7, 11) is 1.11. The standard InChI is InChI=1S/C32H40F6O3/c1-3-4-5-6-22-12-11-21(17-40-22)19-7-9-20(10-8-19)23-13-16-27(32(38)29(23)35)41-18-25(33)28(34)24-14-15-26(39-2)31(37)30(24)36/h13-16,19-22,25,28H,3-12,17-18H2,1-2H3. The average Bonchev–Trinajstić information content (AvgIpc) is 2.99. The molecule has 2 aromatic rings. The molecule has 2 aliphatic rings. The fourth-order valence-corrected chi connectivity index (χ4v) is 6.29. The maximum Gasteiger partial charge on any atom is 0.200 e. The summed E-state index contributed by atoms with van der Waals surface area (Å²) in [5, 5.41) is 0. The second-order valence-electron chi connectivity index (χ2n) is 11.4. The van der Waals surface area contributed by atoms with Crippen molar-refractivity contribution in [1.29, 1.82) is 0 Å². The molecule has 9 heteroatoms. The van der Waals surface area contributed by atoms with E-state index in [9.17, 15) is 22.0 Å². The Labute approximate surface area is 238 Å². The summed E-state index contributed by atoms with van der Waals surface area (Å²) in [5.74, 6) is -5.51. The van der Waals surface area contributed by atoms with Crippen LogP contribution in [0.1, 0.15) is 94.3 Å². The summed E-state index contributed by atoms with van der Waals surface area (Å²) >= 11 is 0. The highest BCUT2D eigenvalue weighted by molar-refractivity contribution is 5.34. The van der Waals surface area contributed by atoms with Crippen LogP contribution in [0.2, 0.25) is 0 Å². The van der Waals surface area contributed by atoms with Crippen molar-refractivity contribution < 1.29 is 40.6 Å². The molecule has 1 saturated carbocycles. The van der Waals surface area contributed by atoms with Crippen LogP contribution in [0.15, 0.2) is 24.3 Å². The van der Waals surface area contributed by atoms with Gasteiger partial charge in [0.1, 0.15) is 6.61 Å². The van der Waals surface area contributed by atoms with Gasteiger partial charge in [0.2, 0.25) is 11.6 Å². The third kappa shape index (κ3) is 7.51. The van der Waals surface area contributed by atoms with Crippen LogP contribution in [0.5, 0.6) is 11.5 Å². The molecule has 228 valence electrons. The summed E-state index contributed by atoms with van der Waals surface area (Å²) in [5.41, 5.74) is -0.608. The summed E-state index contributed by atoms with van der Waals surface area (Å²) in [6, 6.07) is 4.48. The van der Waals surface area contributed by atoms with Crippen LogP contribution in [0, 0.1) is 35.1 Å². The summed E-state index contributed by atoms with van der Waals surface area (Å²) in [4.78, 5) is 0. The van der Waals surface area contributed by atoms with Crippen LogP contribution >= 0.6 is 0 Å². The van der Waals surface area contributed by atoms with Crippen molar-refractivity contribution >= 4 is 0 Å². The number of hydrogen-bond donors (Lipinski definition) is 0. The number of rotatable bonds is 12. The molecule has 0 aromatic heterocycles. The number of benzene rings is 2. The molecule has 1 heterocycles. The minimum Gasteiger partial charge on any atom is -0.494 e. The molecule has 1 saturated heterocycles. The Morgan fingerprint density at radius 2 is 1.49 bits per heavy atom. The average molecular weight is 587 g/mol. The van der Waals surface area contributed by atoms with E-state index in [1.807, 2.05) is 0 Å². The van der Waals surface area contributed by atoms with Gasteiger partial charge in [0.25, 0.3) is 0 Å². The van der Waals surface area contributed by atoms with Gasteiger partial charge in [-0.3, -0.25) is 0 Å². The SMILES string of the molecule is CCCCCC1CCC(C2CCC(c3ccc(OCC(F)C(F)c4ccc(OC)c(F)c4F)c(F)c3F)CC2)CO1. The second kappa shape index (κ2) is 14.7. The number of alkyl halides is 2. The molecule has 0 amide bonds. The summed E-state index contributed by atoms with van der Waals surface area (Å²) in [6.45, 7) is 1.95. The zero-order valence-electron chi connectivity index (χ0n) is 23.8. The number of hydrogen-bond acceptors (Lipinski definition) is 3. The molecule has 41 heavy (non-hydrogen) atoms. The number of unbranched alkanes of at least 4 members (excludes halogenated alkanes) is 2. The molecule has 1 aliphatic carbocycles. The minimum absolute atomic E-state index is 0.141. The lowest BCUT2D eigenvalue weighted by molar-refractivity contribution is -0.0415. The van der Waals surface area contributed by atoms with E-state index in [0.29, 0.717) is 17.9 Å². The van der Waals surface area contributed by atoms with Gasteiger partial charge in [-0.05, 0) is 86.5 Å². The highest BCUT2D eigenvalue weighted by Gasteiger charge is 2.34. The van der Waals surface area contributed by atoms with Crippen molar-refractivity contribution in [3.05, 3.63) is 58.7 Å². The zero-order valence-corrected chi connectivity index (χ0v) is 23.8. The predicted molar refractivity (Wildman–Crippen MR) is 145 cm³/mol. The Hall–Kier alpha value is -2.42. The topological polar surface area (TPSA) is 27.7 Å². The molecule has 0 spiro atoms. The van der Waals surface area contributed by atoms with Crippen molar-refractivity contribution in [2.45, 2.75) is 95.5 Å². The van der Waals surface area contributed by atoms with Gasteiger partial charge in [-0.1, -0.05) is 32.3 Å². The molecule has 2 aromatic carbocycles. The second-order valence-corrected chi connectivity index (χ2v) is 11.4. The fourth-order valence-electron chi connectivity index (χ4n) is 6.29. The first-order valence-electron chi connectivity index (χ1n) is 14.8. The van der Waals surface area contributed by atoms with Crippen LogP contribution in [0.25, 0.3) is 0 Å². The van der Waals surface area contributed by atoms with Gasteiger partial charge >= 0.3 is 0 Å². The normalized spacial score (nSPS) is 24.6. The third-order valence-electron chi connectivity index (χ3n) is 8.80. The summed E-state index contributed by atoms with van der Waals surface area (Å²) in [6.07, 6.45) is 5.64. The van der Waals surface area contributed by atoms with E-state index < -0.39 is 59.3 Å². The first-order valence-corrected chi connectivity index (χ1v) is 14.8. The lowest BCUT2D eigenvalue weighted by Crippen LogP contribution is -2.32. The monoisotopic (exact) mass is 586 g/mol. The molecule has 0 bridgehead atoms. The lowest BCUT2D eigenvalue weighted by atomic mass is 9.72. The van der Waals surface area contributed by atoms with Crippen LogP contribution in [-0.2, 0) is 4.74 Å². The molecule has 3 nitrogen and oxygen atoms in total. The van der Waals surface area contributed by atoms with Crippen LogP contribution in [-0.4, -0.2) is 32.6 Å². The molecular formula is C32H40F6O3. The predicted octanol–water partition coefficient (Wildman–Crippen LogP) is 9.33. The lowest BCUT2D eigenvalue weighted by Gasteiger charge is -2.38. The van der Waals surface area contributed by atoms with Gasteiger partial charge in [0.05, 0.1) is 19.8 Å². The number of ether oxygens (including phenoxy) is 3. The Morgan fingerprint density at radius 1 is 0.805 bits per heavy atom. The van der Waals surface area contributed by atoms with E-state index in [-0.39, 0.29) is 11.5 Å². The number of methoxy groups -OCH3 is 1. The van der Waals surface area contributed by atoms with Crippen molar-refractivity contribution in [3.63, 3.8) is 0 Å². The van der Waals surface area contributed by atoms with Gasteiger partial charge in [0, 0.05) is 5.56 Å². The van der Waals surface area contributed by atoms with E-state index in [1.165, 1.54) is 31.4 Å². The Bertz CT molecular complexity index is 1130. The van der Waals surface area contributed by atoms with Crippen molar-refractivity contribution in [3.8, 4) is 11.5 Å². The molecule has 0 radical (unpaired) electrons. The molecular weight excluding hydrogens is 546 g/mol. The Morgan fingerprint density at radius 3 is 2.15 bits per heavy atom. The summed E-state index contributed by atoms with van der Waals surface area (Å²) < 4.78 is 103. The van der Waals surface area contributed by atoms with Gasteiger partial charge in [-0.15, -0.1) is 0 Å². The Kier molecular flexibility index (Phi) is 11.3. The van der Waals surface area contributed by atoms with Crippen LogP contribution in [0.3, 0.4) is 0 Å². The maximum atomic E-state index is 15.0. The van der Waals surface area contributed by atoms with Gasteiger partial charge in [-0.2, -0.15) is 8.78 Å². The van der Waals surface area contributed by atoms with Gasteiger partial charge < -0.3 is 14.2 Å². The zero-order chi connectivity index (χ0) is 29.5. The molecule has 0 N–H and O–H groups in total. The fraction of sp³-hybridized carbons (Fsp3) is 0.625. The third-order valence-corrected chi connectivity index (χ3v) is 8.80. The molecule has 4 atom stereocenters. The first-order chi connectivity index (χ1) is 19.7. The van der Waals surface area contributed by atoms with Crippen LogP contribution in [0.4, 0.5) is 26.3 Å². The van der Waals surface area contributed by atoms with Gasteiger partial charge in [0.15, 0.2) is 35.5 Å². The molecule has 4 unspecified atom stereocenters. The minimum atomic E-state index is -2.58. The van der Waals surface area contributed by atoms with Crippen LogP contribution < -0.4 is 9.47 Å². The molecule has 2 fully saturated rings. The van der Waals surface area contributed by atoms with E-state index in [1.54, 1.807) is 0 Å². The number of halogens is 6. The van der Waals surface area contributed by atoms with Gasteiger partial charge in [-0.25, -0.2) is 17.6 Å². The van der Waals surface area contributed by atoms with E-state index in [2.05, 4.69) is 11.7 Å².